The molecule has 0 aliphatic heterocycles. The molecule has 0 saturated heterocycles. The Morgan fingerprint density at radius 1 is 1.15 bits per heavy atom. The van der Waals surface area contributed by atoms with Crippen molar-refractivity contribution in [2.45, 2.75) is 32.0 Å². The van der Waals surface area contributed by atoms with Gasteiger partial charge in [0.15, 0.2) is 5.96 Å². The lowest BCUT2D eigenvalue weighted by molar-refractivity contribution is -0.135. The summed E-state index contributed by atoms with van der Waals surface area (Å²) in [5.74, 6) is 0.273. The number of likely N-dealkylation sites (N-methyl/N-ethyl adjacent to an activating group) is 1. The van der Waals surface area contributed by atoms with Gasteiger partial charge in [-0.25, -0.2) is 4.99 Å². The highest BCUT2D eigenvalue weighted by molar-refractivity contribution is 9.10. The van der Waals surface area contributed by atoms with Crippen LogP contribution in [0.2, 0.25) is 0 Å². The molecule has 0 spiro atoms. The Labute approximate surface area is 160 Å². The molecule has 1 amide bonds. The quantitative estimate of drug-likeness (QED) is 0.373. The smallest absolute Gasteiger partial charge is 0.356 e. The molecular formula is C17H24BrF3N4O. The van der Waals surface area contributed by atoms with Crippen LogP contribution in [-0.4, -0.2) is 50.1 Å². The van der Waals surface area contributed by atoms with Crippen molar-refractivity contribution in [2.24, 2.45) is 4.99 Å². The first-order valence-corrected chi connectivity index (χ1v) is 9.00. The van der Waals surface area contributed by atoms with Crippen LogP contribution in [0.3, 0.4) is 0 Å². The van der Waals surface area contributed by atoms with Gasteiger partial charge in [-0.15, -0.1) is 0 Å². The largest absolute Gasteiger partial charge is 0.389 e. The molecule has 1 aromatic carbocycles. The number of hydrogen-bond donors (Lipinski definition) is 2. The number of rotatable bonds is 8. The number of amides is 1. The van der Waals surface area contributed by atoms with Crippen molar-refractivity contribution in [3.05, 3.63) is 34.3 Å². The number of nitrogens with zero attached hydrogens (tertiary/aromatic N) is 2. The molecule has 0 radical (unpaired) electrons. The molecule has 0 fully saturated rings. The first-order chi connectivity index (χ1) is 12.2. The molecule has 0 aliphatic rings. The van der Waals surface area contributed by atoms with E-state index in [2.05, 4.69) is 31.6 Å². The Morgan fingerprint density at radius 3 is 2.38 bits per heavy atom. The number of halogens is 4. The first-order valence-electron chi connectivity index (χ1n) is 8.21. The number of guanidine groups is 1. The van der Waals surface area contributed by atoms with Gasteiger partial charge in [-0.2, -0.15) is 13.2 Å². The SMILES string of the molecule is CN(C)C(=O)CNC(=NCc1ccc(Br)cc1)NCCCCC(F)(F)F. The molecule has 0 unspecified atom stereocenters. The monoisotopic (exact) mass is 436 g/mol. The zero-order valence-corrected chi connectivity index (χ0v) is 16.5. The van der Waals surface area contributed by atoms with Crippen LogP contribution in [0.5, 0.6) is 0 Å². The Kier molecular flexibility index (Phi) is 9.47. The van der Waals surface area contributed by atoms with Gasteiger partial charge in [-0.1, -0.05) is 28.1 Å². The fourth-order valence-electron chi connectivity index (χ4n) is 1.91. The molecule has 0 bridgehead atoms. The van der Waals surface area contributed by atoms with Crippen LogP contribution in [0.1, 0.15) is 24.8 Å². The Morgan fingerprint density at radius 2 is 1.81 bits per heavy atom. The zero-order valence-electron chi connectivity index (χ0n) is 14.9. The van der Waals surface area contributed by atoms with Crippen LogP contribution in [0.4, 0.5) is 13.2 Å². The van der Waals surface area contributed by atoms with Crippen molar-refractivity contribution in [1.82, 2.24) is 15.5 Å². The van der Waals surface area contributed by atoms with Crippen LogP contribution < -0.4 is 10.6 Å². The number of carbonyl (C=O) groups excluding carboxylic acids is 1. The van der Waals surface area contributed by atoms with E-state index >= 15 is 0 Å². The predicted octanol–water partition coefficient (Wildman–Crippen LogP) is 3.31. The molecule has 0 atom stereocenters. The molecule has 0 heterocycles. The standard InChI is InChI=1S/C17H24BrF3N4O/c1-25(2)15(26)12-24-16(22-10-4-3-9-17(19,20)21)23-11-13-5-7-14(18)8-6-13/h5-8H,3-4,9-12H2,1-2H3,(H2,22,23,24). The van der Waals surface area contributed by atoms with E-state index in [4.69, 9.17) is 0 Å². The van der Waals surface area contributed by atoms with Gasteiger partial charge in [0, 0.05) is 31.5 Å². The summed E-state index contributed by atoms with van der Waals surface area (Å²) in [7, 11) is 3.29. The lowest BCUT2D eigenvalue weighted by Gasteiger charge is -2.15. The number of carbonyl (C=O) groups is 1. The average molecular weight is 437 g/mol. The molecule has 0 saturated carbocycles. The highest BCUT2D eigenvalue weighted by Gasteiger charge is 2.25. The maximum absolute atomic E-state index is 12.2. The van der Waals surface area contributed by atoms with E-state index in [9.17, 15) is 18.0 Å². The lowest BCUT2D eigenvalue weighted by Crippen LogP contribution is -2.43. The molecule has 26 heavy (non-hydrogen) atoms. The number of aliphatic imine (C=N–C) groups is 1. The van der Waals surface area contributed by atoms with E-state index in [1.54, 1.807) is 14.1 Å². The Hall–Kier alpha value is -1.77. The third-order valence-corrected chi connectivity index (χ3v) is 3.95. The summed E-state index contributed by atoms with van der Waals surface area (Å²) in [5.41, 5.74) is 0.977. The van der Waals surface area contributed by atoms with Crippen LogP contribution in [0.25, 0.3) is 0 Å². The first kappa shape index (κ1) is 22.3. The van der Waals surface area contributed by atoms with Crippen LogP contribution in [-0.2, 0) is 11.3 Å². The number of hydrogen-bond acceptors (Lipinski definition) is 2. The molecular weight excluding hydrogens is 413 g/mol. The summed E-state index contributed by atoms with van der Waals surface area (Å²) < 4.78 is 37.4. The summed E-state index contributed by atoms with van der Waals surface area (Å²) in [6, 6.07) is 7.63. The molecule has 9 heteroatoms. The zero-order chi connectivity index (χ0) is 19.6. The second-order valence-electron chi connectivity index (χ2n) is 5.93. The maximum Gasteiger partial charge on any atom is 0.389 e. The van der Waals surface area contributed by atoms with Crippen molar-refractivity contribution in [2.75, 3.05) is 27.2 Å². The minimum absolute atomic E-state index is 0.0487. The van der Waals surface area contributed by atoms with Gasteiger partial charge in [0.25, 0.3) is 0 Å². The van der Waals surface area contributed by atoms with Crippen molar-refractivity contribution < 1.29 is 18.0 Å². The number of unbranched alkanes of at least 4 members (excludes halogenated alkanes) is 1. The predicted molar refractivity (Wildman–Crippen MR) is 99.9 cm³/mol. The second-order valence-corrected chi connectivity index (χ2v) is 6.85. The highest BCUT2D eigenvalue weighted by Crippen LogP contribution is 2.21. The van der Waals surface area contributed by atoms with Gasteiger partial charge in [0.2, 0.25) is 5.91 Å². The minimum Gasteiger partial charge on any atom is -0.356 e. The second kappa shape index (κ2) is 11.1. The van der Waals surface area contributed by atoms with Gasteiger partial charge >= 0.3 is 6.18 Å². The van der Waals surface area contributed by atoms with Crippen molar-refractivity contribution in [1.29, 1.82) is 0 Å². The number of nitrogens with one attached hydrogen (secondary N) is 2. The summed E-state index contributed by atoms with van der Waals surface area (Å²) in [4.78, 5) is 17.5. The lowest BCUT2D eigenvalue weighted by atomic mass is 10.2. The topological polar surface area (TPSA) is 56.7 Å². The number of alkyl halides is 3. The summed E-state index contributed by atoms with van der Waals surface area (Å²) in [5, 5.41) is 5.88. The van der Waals surface area contributed by atoms with E-state index in [1.807, 2.05) is 24.3 Å². The summed E-state index contributed by atoms with van der Waals surface area (Å²) >= 11 is 3.36. The summed E-state index contributed by atoms with van der Waals surface area (Å²) in [6.45, 7) is 0.793. The number of benzene rings is 1. The van der Waals surface area contributed by atoms with Crippen LogP contribution in [0.15, 0.2) is 33.7 Å². The van der Waals surface area contributed by atoms with Crippen molar-refractivity contribution in [3.8, 4) is 0 Å². The molecule has 0 aromatic heterocycles. The third-order valence-electron chi connectivity index (χ3n) is 3.42. The molecule has 5 nitrogen and oxygen atoms in total. The Bertz CT molecular complexity index is 589. The van der Waals surface area contributed by atoms with Gasteiger partial charge < -0.3 is 15.5 Å². The summed E-state index contributed by atoms with van der Waals surface area (Å²) in [6.07, 6.45) is -4.52. The van der Waals surface area contributed by atoms with E-state index in [0.29, 0.717) is 25.5 Å². The van der Waals surface area contributed by atoms with Crippen LogP contribution in [0, 0.1) is 0 Å². The average Bonchev–Trinajstić information content (AvgIpc) is 2.56. The van der Waals surface area contributed by atoms with Gasteiger partial charge in [-0.05, 0) is 30.5 Å². The normalized spacial score (nSPS) is 12.0. The van der Waals surface area contributed by atoms with E-state index in [-0.39, 0.29) is 18.9 Å². The van der Waals surface area contributed by atoms with Gasteiger partial charge in [0.1, 0.15) is 0 Å². The van der Waals surface area contributed by atoms with E-state index in [0.717, 1.165) is 10.0 Å². The van der Waals surface area contributed by atoms with Gasteiger partial charge in [-0.3, -0.25) is 4.79 Å². The maximum atomic E-state index is 12.2. The molecule has 146 valence electrons. The van der Waals surface area contributed by atoms with Crippen molar-refractivity contribution >= 4 is 27.8 Å². The Balaban J connectivity index is 2.55. The molecule has 0 aliphatic carbocycles. The van der Waals surface area contributed by atoms with E-state index < -0.39 is 12.6 Å². The fraction of sp³-hybridized carbons (Fsp3) is 0.529. The minimum atomic E-state index is -4.13. The third kappa shape index (κ3) is 10.3. The fourth-order valence-corrected chi connectivity index (χ4v) is 2.17. The van der Waals surface area contributed by atoms with E-state index in [1.165, 1.54) is 4.90 Å². The molecule has 2 N–H and O–H groups in total. The van der Waals surface area contributed by atoms with Crippen molar-refractivity contribution in [3.63, 3.8) is 0 Å². The van der Waals surface area contributed by atoms with Gasteiger partial charge in [0.05, 0.1) is 13.1 Å². The molecule has 1 aromatic rings. The van der Waals surface area contributed by atoms with Crippen LogP contribution >= 0.6 is 15.9 Å². The highest BCUT2D eigenvalue weighted by atomic mass is 79.9. The molecule has 1 rings (SSSR count).